The van der Waals surface area contributed by atoms with Gasteiger partial charge in [-0.15, -0.1) is 0 Å². The molecule has 0 spiro atoms. The number of fused-ring (bicyclic) bond motifs is 1. The Morgan fingerprint density at radius 2 is 2.13 bits per heavy atom. The molecule has 0 fully saturated rings. The zero-order chi connectivity index (χ0) is 16.2. The maximum absolute atomic E-state index is 13.5. The van der Waals surface area contributed by atoms with Crippen LogP contribution in [-0.2, 0) is 11.2 Å². The van der Waals surface area contributed by atoms with Crippen molar-refractivity contribution < 1.29 is 13.9 Å². The summed E-state index contributed by atoms with van der Waals surface area (Å²) in [6.07, 6.45) is 3.73. The first kappa shape index (κ1) is 15.3. The van der Waals surface area contributed by atoms with Gasteiger partial charge in [0, 0.05) is 18.1 Å². The van der Waals surface area contributed by atoms with Gasteiger partial charge in [-0.1, -0.05) is 24.3 Å². The summed E-state index contributed by atoms with van der Waals surface area (Å²) in [6, 6.07) is 12.2. The second-order valence-electron chi connectivity index (χ2n) is 5.55. The lowest BCUT2D eigenvalue weighted by molar-refractivity contribution is -0.117. The van der Waals surface area contributed by atoms with Crippen LogP contribution in [0.5, 0.6) is 5.75 Å². The van der Waals surface area contributed by atoms with E-state index in [9.17, 15) is 9.18 Å². The van der Waals surface area contributed by atoms with Gasteiger partial charge in [0.25, 0.3) is 0 Å². The van der Waals surface area contributed by atoms with E-state index in [-0.39, 0.29) is 17.8 Å². The molecule has 2 aromatic rings. The first-order valence-electron chi connectivity index (χ1n) is 7.62. The molecule has 0 aliphatic carbocycles. The van der Waals surface area contributed by atoms with E-state index < -0.39 is 0 Å². The van der Waals surface area contributed by atoms with Gasteiger partial charge >= 0.3 is 0 Å². The lowest BCUT2D eigenvalue weighted by atomic mass is 10.0. The van der Waals surface area contributed by atoms with Gasteiger partial charge in [-0.25, -0.2) is 4.39 Å². The van der Waals surface area contributed by atoms with Crippen molar-refractivity contribution in [3.63, 3.8) is 0 Å². The minimum absolute atomic E-state index is 0.126. The number of rotatable bonds is 4. The highest BCUT2D eigenvalue weighted by Gasteiger charge is 2.15. The summed E-state index contributed by atoms with van der Waals surface area (Å²) in [4.78, 5) is 12.0. The van der Waals surface area contributed by atoms with Crippen LogP contribution in [0.3, 0.4) is 0 Å². The molecule has 2 aromatic carbocycles. The largest absolute Gasteiger partial charge is 0.493 e. The van der Waals surface area contributed by atoms with Gasteiger partial charge in [-0.3, -0.25) is 4.79 Å². The number of benzene rings is 2. The molecule has 1 aliphatic heterocycles. The van der Waals surface area contributed by atoms with Crippen LogP contribution in [0.2, 0.25) is 0 Å². The normalized spacial score (nSPS) is 14.3. The third-order valence-electron chi connectivity index (χ3n) is 3.89. The molecule has 4 heteroatoms. The molecule has 1 heterocycles. The summed E-state index contributed by atoms with van der Waals surface area (Å²) in [7, 11) is 0. The minimum Gasteiger partial charge on any atom is -0.493 e. The fraction of sp³-hybridized carbons (Fsp3) is 0.211. The quantitative estimate of drug-likeness (QED) is 0.875. The first-order valence-corrected chi connectivity index (χ1v) is 7.62. The van der Waals surface area contributed by atoms with E-state index in [0.717, 1.165) is 17.7 Å². The number of amides is 1. The van der Waals surface area contributed by atoms with Crippen LogP contribution in [0.25, 0.3) is 6.08 Å². The molecule has 1 amide bonds. The number of hydrogen-bond acceptors (Lipinski definition) is 2. The molecule has 3 nitrogen and oxygen atoms in total. The van der Waals surface area contributed by atoms with E-state index in [1.165, 1.54) is 23.8 Å². The monoisotopic (exact) mass is 311 g/mol. The van der Waals surface area contributed by atoms with Gasteiger partial charge in [0.15, 0.2) is 0 Å². The Morgan fingerprint density at radius 3 is 2.96 bits per heavy atom. The third-order valence-corrected chi connectivity index (χ3v) is 3.89. The van der Waals surface area contributed by atoms with Gasteiger partial charge in [0.1, 0.15) is 11.6 Å². The van der Waals surface area contributed by atoms with Crippen molar-refractivity contribution in [2.45, 2.75) is 19.4 Å². The van der Waals surface area contributed by atoms with Crippen molar-refractivity contribution in [1.82, 2.24) is 5.32 Å². The van der Waals surface area contributed by atoms with E-state index in [0.29, 0.717) is 12.2 Å². The average Bonchev–Trinajstić information content (AvgIpc) is 3.01. The van der Waals surface area contributed by atoms with Crippen molar-refractivity contribution >= 4 is 12.0 Å². The number of halogens is 1. The Balaban J connectivity index is 1.64. The molecule has 23 heavy (non-hydrogen) atoms. The highest BCUT2D eigenvalue weighted by molar-refractivity contribution is 5.92. The zero-order valence-corrected chi connectivity index (χ0v) is 12.9. The Hall–Kier alpha value is -2.62. The lowest BCUT2D eigenvalue weighted by Gasteiger charge is -2.14. The van der Waals surface area contributed by atoms with Gasteiger partial charge in [0.05, 0.1) is 12.6 Å². The van der Waals surface area contributed by atoms with Crippen molar-refractivity contribution in [1.29, 1.82) is 0 Å². The van der Waals surface area contributed by atoms with Crippen molar-refractivity contribution in [2.24, 2.45) is 0 Å². The first-order chi connectivity index (χ1) is 11.1. The maximum Gasteiger partial charge on any atom is 0.244 e. The molecular formula is C19H18FNO2. The second-order valence-corrected chi connectivity index (χ2v) is 5.55. The van der Waals surface area contributed by atoms with E-state index in [4.69, 9.17) is 4.74 Å². The molecule has 0 radical (unpaired) electrons. The molecule has 3 rings (SSSR count). The summed E-state index contributed by atoms with van der Waals surface area (Å²) in [5, 5.41) is 2.89. The Morgan fingerprint density at radius 1 is 1.30 bits per heavy atom. The lowest BCUT2D eigenvalue weighted by Crippen LogP contribution is -2.24. The summed E-state index contributed by atoms with van der Waals surface area (Å²) >= 11 is 0. The van der Waals surface area contributed by atoms with Crippen LogP contribution in [0.4, 0.5) is 4.39 Å². The fourth-order valence-electron chi connectivity index (χ4n) is 2.60. The van der Waals surface area contributed by atoms with E-state index in [2.05, 4.69) is 11.4 Å². The predicted octanol–water partition coefficient (Wildman–Crippen LogP) is 3.65. The van der Waals surface area contributed by atoms with Crippen LogP contribution in [0.1, 0.15) is 29.7 Å². The summed E-state index contributed by atoms with van der Waals surface area (Å²) < 4.78 is 19.0. The highest BCUT2D eigenvalue weighted by Crippen LogP contribution is 2.28. The number of carbonyl (C=O) groups excluding carboxylic acids is 1. The number of carbonyl (C=O) groups is 1. The van der Waals surface area contributed by atoms with Crippen LogP contribution < -0.4 is 10.1 Å². The van der Waals surface area contributed by atoms with Crippen LogP contribution in [-0.4, -0.2) is 12.5 Å². The molecule has 1 aliphatic rings. The fourth-order valence-corrected chi connectivity index (χ4v) is 2.60. The maximum atomic E-state index is 13.5. The molecule has 1 unspecified atom stereocenters. The van der Waals surface area contributed by atoms with Crippen LogP contribution >= 0.6 is 0 Å². The van der Waals surface area contributed by atoms with Crippen LogP contribution in [0.15, 0.2) is 48.5 Å². The molecule has 0 saturated heterocycles. The van der Waals surface area contributed by atoms with E-state index in [1.807, 2.05) is 19.1 Å². The standard InChI is InChI=1S/C19H18FNO2/c1-13(15-6-8-18-16(12-15)10-11-23-18)21-19(22)9-7-14-4-2-3-5-17(14)20/h2-9,12-13H,10-11H2,1H3,(H,21,22). The van der Waals surface area contributed by atoms with Gasteiger partial charge < -0.3 is 10.1 Å². The predicted molar refractivity (Wildman–Crippen MR) is 87.6 cm³/mol. The number of hydrogen-bond donors (Lipinski definition) is 1. The molecule has 118 valence electrons. The van der Waals surface area contributed by atoms with Gasteiger partial charge in [-0.2, -0.15) is 0 Å². The van der Waals surface area contributed by atoms with Gasteiger partial charge in [0.2, 0.25) is 5.91 Å². The molecule has 1 atom stereocenters. The molecular weight excluding hydrogens is 293 g/mol. The summed E-state index contributed by atoms with van der Waals surface area (Å²) in [6.45, 7) is 2.64. The van der Waals surface area contributed by atoms with Crippen LogP contribution in [0, 0.1) is 5.82 Å². The van der Waals surface area contributed by atoms with Gasteiger partial charge in [-0.05, 0) is 42.3 Å². The number of nitrogens with one attached hydrogen (secondary N) is 1. The third kappa shape index (κ3) is 3.59. The molecule has 0 aromatic heterocycles. The second kappa shape index (κ2) is 6.65. The van der Waals surface area contributed by atoms with Crippen molar-refractivity contribution in [2.75, 3.05) is 6.61 Å². The van der Waals surface area contributed by atoms with E-state index in [1.54, 1.807) is 18.2 Å². The molecule has 0 bridgehead atoms. The smallest absolute Gasteiger partial charge is 0.244 e. The summed E-state index contributed by atoms with van der Waals surface area (Å²) in [5.41, 5.74) is 2.59. The Bertz CT molecular complexity index is 755. The number of ether oxygens (including phenoxy) is 1. The van der Waals surface area contributed by atoms with E-state index >= 15 is 0 Å². The Kier molecular flexibility index (Phi) is 4.42. The zero-order valence-electron chi connectivity index (χ0n) is 12.9. The van der Waals surface area contributed by atoms with Crippen molar-refractivity contribution in [3.8, 4) is 5.75 Å². The topological polar surface area (TPSA) is 38.3 Å². The molecule has 0 saturated carbocycles. The Labute approximate surface area is 134 Å². The minimum atomic E-state index is -0.344. The highest BCUT2D eigenvalue weighted by atomic mass is 19.1. The molecule has 1 N–H and O–H groups in total. The average molecular weight is 311 g/mol. The summed E-state index contributed by atoms with van der Waals surface area (Å²) in [5.74, 6) is 0.326. The van der Waals surface area contributed by atoms with Crippen molar-refractivity contribution in [3.05, 3.63) is 71.0 Å². The SMILES string of the molecule is CC(NC(=O)C=Cc1ccccc1F)c1ccc2c(c1)CCO2.